The summed E-state index contributed by atoms with van der Waals surface area (Å²) in [6.45, 7) is 4.30. The van der Waals surface area contributed by atoms with Gasteiger partial charge in [0.2, 0.25) is 0 Å². The van der Waals surface area contributed by atoms with Crippen LogP contribution in [0, 0.1) is 18.3 Å². The van der Waals surface area contributed by atoms with Crippen LogP contribution < -0.4 is 0 Å². The van der Waals surface area contributed by atoms with Gasteiger partial charge in [0.05, 0.1) is 6.07 Å². The second-order valence-corrected chi connectivity index (χ2v) is 4.08. The normalized spacial score (nSPS) is 10.6. The number of hydrogen-bond acceptors (Lipinski definition) is 1. The fourth-order valence-corrected chi connectivity index (χ4v) is 2.19. The Morgan fingerprint density at radius 3 is 2.88 bits per heavy atom. The lowest BCUT2D eigenvalue weighted by atomic mass is 10.1. The number of fused-ring (bicyclic) bond motifs is 1. The van der Waals surface area contributed by atoms with Gasteiger partial charge in [-0.2, -0.15) is 5.26 Å². The zero-order chi connectivity index (χ0) is 11.5. The highest BCUT2D eigenvalue weighted by Gasteiger charge is 2.09. The number of nitriles is 1. The van der Waals surface area contributed by atoms with Crippen molar-refractivity contribution in [3.8, 4) is 6.07 Å². The summed E-state index contributed by atoms with van der Waals surface area (Å²) < 4.78 is 0. The highest BCUT2D eigenvalue weighted by Crippen LogP contribution is 2.25. The van der Waals surface area contributed by atoms with E-state index in [-0.39, 0.29) is 0 Å². The molecule has 2 heteroatoms. The molecule has 1 aromatic carbocycles. The average molecular weight is 212 g/mol. The van der Waals surface area contributed by atoms with E-state index in [1.165, 1.54) is 27.7 Å². The Kier molecular flexibility index (Phi) is 2.96. The van der Waals surface area contributed by atoms with Crippen molar-refractivity contribution in [2.24, 2.45) is 0 Å². The van der Waals surface area contributed by atoms with Crippen LogP contribution in [0.5, 0.6) is 0 Å². The number of aromatic nitrogens is 1. The molecule has 0 aliphatic rings. The van der Waals surface area contributed by atoms with E-state index >= 15 is 0 Å². The van der Waals surface area contributed by atoms with E-state index in [1.807, 2.05) is 0 Å². The van der Waals surface area contributed by atoms with Crippen molar-refractivity contribution >= 4 is 10.9 Å². The van der Waals surface area contributed by atoms with Crippen LogP contribution in [-0.4, -0.2) is 4.98 Å². The molecule has 0 atom stereocenters. The van der Waals surface area contributed by atoms with Gasteiger partial charge in [-0.05, 0) is 24.5 Å². The molecule has 0 bridgehead atoms. The molecular formula is C14H16N2. The van der Waals surface area contributed by atoms with Gasteiger partial charge < -0.3 is 4.98 Å². The average Bonchev–Trinajstić information content (AvgIpc) is 2.64. The third-order valence-corrected chi connectivity index (χ3v) is 3.15. The Balaban J connectivity index is 2.54. The van der Waals surface area contributed by atoms with Crippen molar-refractivity contribution in [2.45, 2.75) is 33.1 Å². The van der Waals surface area contributed by atoms with Gasteiger partial charge >= 0.3 is 0 Å². The summed E-state index contributed by atoms with van der Waals surface area (Å²) in [4.78, 5) is 3.47. The van der Waals surface area contributed by atoms with Gasteiger partial charge in [-0.25, -0.2) is 0 Å². The lowest BCUT2D eigenvalue weighted by Gasteiger charge is -1.98. The summed E-state index contributed by atoms with van der Waals surface area (Å²) >= 11 is 0. The summed E-state index contributed by atoms with van der Waals surface area (Å²) in [6.07, 6.45) is 2.43. The second-order valence-electron chi connectivity index (χ2n) is 4.08. The molecule has 1 heterocycles. The number of nitrogens with one attached hydrogen (secondary N) is 1. The SMILES string of the molecule is CCc1cccc2c(C)c(CCC#N)[nH]c12. The van der Waals surface area contributed by atoms with Crippen LogP contribution in [0.15, 0.2) is 18.2 Å². The molecule has 0 saturated heterocycles. The molecule has 16 heavy (non-hydrogen) atoms. The molecular weight excluding hydrogens is 196 g/mol. The molecule has 0 unspecified atom stereocenters. The number of nitrogens with zero attached hydrogens (tertiary/aromatic N) is 1. The van der Waals surface area contributed by atoms with Crippen LogP contribution in [0.3, 0.4) is 0 Å². The Bertz CT molecular complexity index is 544. The van der Waals surface area contributed by atoms with Gasteiger partial charge in [0, 0.05) is 29.4 Å². The molecule has 1 aromatic heterocycles. The predicted molar refractivity (Wildman–Crippen MR) is 66.3 cm³/mol. The molecule has 1 N–H and O–H groups in total. The molecule has 0 aliphatic heterocycles. The summed E-state index contributed by atoms with van der Waals surface area (Å²) in [6, 6.07) is 8.61. The number of rotatable bonds is 3. The quantitative estimate of drug-likeness (QED) is 0.831. The largest absolute Gasteiger partial charge is 0.358 e. The van der Waals surface area contributed by atoms with E-state index in [9.17, 15) is 0 Å². The maximum absolute atomic E-state index is 8.63. The first kappa shape index (κ1) is 10.8. The van der Waals surface area contributed by atoms with Crippen molar-refractivity contribution in [3.63, 3.8) is 0 Å². The first-order valence-corrected chi connectivity index (χ1v) is 5.74. The maximum atomic E-state index is 8.63. The summed E-state index contributed by atoms with van der Waals surface area (Å²) in [5.74, 6) is 0. The number of hydrogen-bond donors (Lipinski definition) is 1. The lowest BCUT2D eigenvalue weighted by Crippen LogP contribution is -1.86. The van der Waals surface area contributed by atoms with E-state index in [1.54, 1.807) is 0 Å². The van der Waals surface area contributed by atoms with Gasteiger partial charge in [-0.3, -0.25) is 0 Å². The maximum Gasteiger partial charge on any atom is 0.0625 e. The number of H-pyrrole nitrogens is 1. The third-order valence-electron chi connectivity index (χ3n) is 3.15. The van der Waals surface area contributed by atoms with Crippen molar-refractivity contribution in [2.75, 3.05) is 0 Å². The highest BCUT2D eigenvalue weighted by molar-refractivity contribution is 5.87. The van der Waals surface area contributed by atoms with Crippen LogP contribution in [0.25, 0.3) is 10.9 Å². The molecule has 0 fully saturated rings. The number of benzene rings is 1. The minimum Gasteiger partial charge on any atom is -0.358 e. The number of aromatic amines is 1. The molecule has 2 aromatic rings. The Morgan fingerprint density at radius 2 is 2.19 bits per heavy atom. The Morgan fingerprint density at radius 1 is 1.38 bits per heavy atom. The standard InChI is InChI=1S/C14H16N2/c1-3-11-6-4-7-12-10(2)13(8-5-9-15)16-14(11)12/h4,6-7,16H,3,5,8H2,1-2H3. The van der Waals surface area contributed by atoms with Crippen molar-refractivity contribution in [3.05, 3.63) is 35.0 Å². The highest BCUT2D eigenvalue weighted by atomic mass is 14.7. The lowest BCUT2D eigenvalue weighted by molar-refractivity contribution is 0.959. The fourth-order valence-electron chi connectivity index (χ4n) is 2.19. The third kappa shape index (κ3) is 1.69. The predicted octanol–water partition coefficient (Wildman–Crippen LogP) is 3.49. The van der Waals surface area contributed by atoms with E-state index in [4.69, 9.17) is 5.26 Å². The Labute approximate surface area is 95.9 Å². The van der Waals surface area contributed by atoms with Crippen molar-refractivity contribution < 1.29 is 0 Å². The zero-order valence-corrected chi connectivity index (χ0v) is 9.80. The van der Waals surface area contributed by atoms with Gasteiger partial charge in [0.1, 0.15) is 0 Å². The second kappa shape index (κ2) is 4.40. The van der Waals surface area contributed by atoms with E-state index in [0.29, 0.717) is 6.42 Å². The summed E-state index contributed by atoms with van der Waals surface area (Å²) in [5.41, 5.74) is 5.09. The molecule has 0 saturated carbocycles. The van der Waals surface area contributed by atoms with Gasteiger partial charge in [-0.1, -0.05) is 25.1 Å². The van der Waals surface area contributed by atoms with Crippen LogP contribution in [0.1, 0.15) is 30.2 Å². The minimum absolute atomic E-state index is 0.578. The number of aryl methyl sites for hydroxylation is 3. The van der Waals surface area contributed by atoms with Crippen LogP contribution in [0.4, 0.5) is 0 Å². The zero-order valence-electron chi connectivity index (χ0n) is 9.80. The first-order valence-electron chi connectivity index (χ1n) is 5.74. The Hall–Kier alpha value is -1.75. The summed E-state index contributed by atoms with van der Waals surface area (Å²) in [5, 5.41) is 9.93. The number of para-hydroxylation sites is 1. The minimum atomic E-state index is 0.578. The van der Waals surface area contributed by atoms with Crippen LogP contribution in [-0.2, 0) is 12.8 Å². The molecule has 0 amide bonds. The monoisotopic (exact) mass is 212 g/mol. The van der Waals surface area contributed by atoms with E-state index in [2.05, 4.69) is 43.1 Å². The summed E-state index contributed by atoms with van der Waals surface area (Å²) in [7, 11) is 0. The van der Waals surface area contributed by atoms with Crippen LogP contribution >= 0.6 is 0 Å². The first-order chi connectivity index (χ1) is 7.77. The van der Waals surface area contributed by atoms with Gasteiger partial charge in [0.25, 0.3) is 0 Å². The molecule has 0 aliphatic carbocycles. The van der Waals surface area contributed by atoms with E-state index in [0.717, 1.165) is 12.8 Å². The molecule has 2 nitrogen and oxygen atoms in total. The van der Waals surface area contributed by atoms with Crippen molar-refractivity contribution in [1.82, 2.24) is 4.98 Å². The van der Waals surface area contributed by atoms with Gasteiger partial charge in [-0.15, -0.1) is 0 Å². The molecule has 2 rings (SSSR count). The fraction of sp³-hybridized carbons (Fsp3) is 0.357. The smallest absolute Gasteiger partial charge is 0.0625 e. The topological polar surface area (TPSA) is 39.6 Å². The van der Waals surface area contributed by atoms with Gasteiger partial charge in [0.15, 0.2) is 0 Å². The van der Waals surface area contributed by atoms with E-state index < -0.39 is 0 Å². The molecule has 0 radical (unpaired) electrons. The van der Waals surface area contributed by atoms with Crippen LogP contribution in [0.2, 0.25) is 0 Å². The molecule has 0 spiro atoms. The molecule has 82 valence electrons. The van der Waals surface area contributed by atoms with Crippen molar-refractivity contribution in [1.29, 1.82) is 5.26 Å².